The second kappa shape index (κ2) is 6.20. The number of hydrogen-bond donors (Lipinski definition) is 1. The molecule has 0 aromatic carbocycles. The van der Waals surface area contributed by atoms with Gasteiger partial charge >= 0.3 is 0 Å². The number of aryl methyl sites for hydroxylation is 1. The van der Waals surface area contributed by atoms with Crippen LogP contribution < -0.4 is 5.32 Å². The zero-order valence-electron chi connectivity index (χ0n) is 15.1. The molecule has 4 bridgehead atoms. The molecule has 4 aliphatic rings. The largest absolute Gasteiger partial charge is 0.334 e. The molecule has 0 aliphatic heterocycles. The van der Waals surface area contributed by atoms with E-state index in [0.717, 1.165) is 37.4 Å². The minimum atomic E-state index is 0.443. The Hall–Kier alpha value is -1.20. The molecule has 0 radical (unpaired) electrons. The lowest BCUT2D eigenvalue weighted by Gasteiger charge is -2.56. The first-order valence-corrected chi connectivity index (χ1v) is 10.8. The number of hydrogen-bond acceptors (Lipinski definition) is 4. The Kier molecular flexibility index (Phi) is 3.97. The summed E-state index contributed by atoms with van der Waals surface area (Å²) in [5, 5.41) is 7.29. The van der Waals surface area contributed by atoms with E-state index in [-0.39, 0.29) is 0 Å². The Balaban J connectivity index is 1.25. The van der Waals surface area contributed by atoms with Crippen molar-refractivity contribution in [2.24, 2.45) is 17.8 Å². The summed E-state index contributed by atoms with van der Waals surface area (Å²) in [5.41, 5.74) is 2.91. The number of rotatable bonds is 6. The summed E-state index contributed by atoms with van der Waals surface area (Å²) in [5.74, 6) is 2.98. The van der Waals surface area contributed by atoms with Gasteiger partial charge in [-0.2, -0.15) is 0 Å². The van der Waals surface area contributed by atoms with Gasteiger partial charge in [-0.15, -0.1) is 11.3 Å². The van der Waals surface area contributed by atoms with E-state index >= 15 is 0 Å². The first-order chi connectivity index (χ1) is 12.2. The van der Waals surface area contributed by atoms with E-state index in [4.69, 9.17) is 4.98 Å². The molecular weight excluding hydrogens is 328 g/mol. The molecule has 2 aromatic rings. The first kappa shape index (κ1) is 16.0. The van der Waals surface area contributed by atoms with Crippen LogP contribution >= 0.6 is 11.3 Å². The first-order valence-electron chi connectivity index (χ1n) is 9.89. The molecule has 0 atom stereocenters. The molecule has 0 saturated heterocycles. The highest BCUT2D eigenvalue weighted by Gasteiger charge is 2.52. The van der Waals surface area contributed by atoms with Crippen LogP contribution in [0.1, 0.15) is 61.8 Å². The van der Waals surface area contributed by atoms with E-state index in [2.05, 4.69) is 27.2 Å². The van der Waals surface area contributed by atoms with Crippen molar-refractivity contribution in [2.45, 2.75) is 70.5 Å². The van der Waals surface area contributed by atoms with Crippen LogP contribution in [-0.2, 0) is 25.0 Å². The molecule has 2 aromatic heterocycles. The predicted octanol–water partition coefficient (Wildman–Crippen LogP) is 4.12. The highest BCUT2D eigenvalue weighted by Crippen LogP contribution is 2.61. The fourth-order valence-corrected chi connectivity index (χ4v) is 7.16. The molecule has 4 fully saturated rings. The third-order valence-electron chi connectivity index (χ3n) is 6.80. The zero-order chi connectivity index (χ0) is 16.9. The maximum absolute atomic E-state index is 5.10. The molecule has 6 rings (SSSR count). The molecule has 4 nitrogen and oxygen atoms in total. The van der Waals surface area contributed by atoms with Crippen molar-refractivity contribution < 1.29 is 0 Å². The van der Waals surface area contributed by atoms with Crippen molar-refractivity contribution in [3.8, 4) is 0 Å². The SMILES string of the molecule is CCn1cncc1CNCc1csc(C23CC4CC(CC(C4)C2)C3)n1. The summed E-state index contributed by atoms with van der Waals surface area (Å²) in [6.07, 6.45) is 12.6. The molecule has 25 heavy (non-hydrogen) atoms. The minimum absolute atomic E-state index is 0.443. The fraction of sp³-hybridized carbons (Fsp3) is 0.700. The summed E-state index contributed by atoms with van der Waals surface area (Å²) in [6.45, 7) is 4.85. The predicted molar refractivity (Wildman–Crippen MR) is 100 cm³/mol. The smallest absolute Gasteiger partial charge is 0.0991 e. The zero-order valence-corrected chi connectivity index (χ0v) is 15.9. The highest BCUT2D eigenvalue weighted by molar-refractivity contribution is 7.09. The fourth-order valence-electron chi connectivity index (χ4n) is 6.10. The second-order valence-corrected chi connectivity index (χ2v) is 9.47. The maximum Gasteiger partial charge on any atom is 0.0991 e. The molecule has 1 N–H and O–H groups in total. The van der Waals surface area contributed by atoms with Gasteiger partial charge in [0.2, 0.25) is 0 Å². The number of nitrogens with zero attached hydrogens (tertiary/aromatic N) is 3. The Morgan fingerprint density at radius 2 is 1.88 bits per heavy atom. The molecule has 0 amide bonds. The summed E-state index contributed by atoms with van der Waals surface area (Å²) in [6, 6.07) is 0. The molecule has 134 valence electrons. The van der Waals surface area contributed by atoms with Gasteiger partial charge in [0.05, 0.1) is 22.7 Å². The van der Waals surface area contributed by atoms with Crippen molar-refractivity contribution in [1.29, 1.82) is 0 Å². The number of nitrogens with one attached hydrogen (secondary N) is 1. The van der Waals surface area contributed by atoms with E-state index in [0.29, 0.717) is 5.41 Å². The highest BCUT2D eigenvalue weighted by atomic mass is 32.1. The molecule has 4 saturated carbocycles. The summed E-state index contributed by atoms with van der Waals surface area (Å²) in [4.78, 5) is 9.33. The topological polar surface area (TPSA) is 42.7 Å². The van der Waals surface area contributed by atoms with E-state index < -0.39 is 0 Å². The quantitative estimate of drug-likeness (QED) is 0.847. The van der Waals surface area contributed by atoms with Crippen molar-refractivity contribution in [2.75, 3.05) is 0 Å². The monoisotopic (exact) mass is 356 g/mol. The Morgan fingerprint density at radius 3 is 2.56 bits per heavy atom. The minimum Gasteiger partial charge on any atom is -0.334 e. The summed E-state index contributed by atoms with van der Waals surface area (Å²) in [7, 11) is 0. The lowest BCUT2D eigenvalue weighted by Crippen LogP contribution is -2.48. The van der Waals surface area contributed by atoms with Crippen LogP contribution in [0.4, 0.5) is 0 Å². The Morgan fingerprint density at radius 1 is 1.16 bits per heavy atom. The normalized spacial score (nSPS) is 33.2. The van der Waals surface area contributed by atoms with Crippen LogP contribution in [0.25, 0.3) is 0 Å². The average molecular weight is 357 g/mol. The van der Waals surface area contributed by atoms with Crippen LogP contribution in [0.15, 0.2) is 17.9 Å². The second-order valence-electron chi connectivity index (χ2n) is 8.62. The molecule has 2 heterocycles. The Labute approximate surface area is 154 Å². The lowest BCUT2D eigenvalue weighted by atomic mass is 9.50. The van der Waals surface area contributed by atoms with Gasteiger partial charge in [-0.3, -0.25) is 0 Å². The maximum atomic E-state index is 5.10. The third kappa shape index (κ3) is 2.85. The van der Waals surface area contributed by atoms with E-state index in [1.807, 2.05) is 23.9 Å². The van der Waals surface area contributed by atoms with Gasteiger partial charge in [-0.1, -0.05) is 0 Å². The van der Waals surface area contributed by atoms with Gasteiger partial charge in [0.25, 0.3) is 0 Å². The van der Waals surface area contributed by atoms with E-state index in [1.165, 1.54) is 54.9 Å². The van der Waals surface area contributed by atoms with E-state index in [1.54, 1.807) is 0 Å². The van der Waals surface area contributed by atoms with Gasteiger partial charge in [0.15, 0.2) is 0 Å². The molecule has 4 aliphatic carbocycles. The molecular formula is C20H28N4S. The number of thiazole rings is 1. The van der Waals surface area contributed by atoms with Crippen molar-refractivity contribution in [3.63, 3.8) is 0 Å². The molecule has 0 spiro atoms. The standard InChI is InChI=1S/C20H28N4S/c1-2-24-13-22-11-18(24)10-21-9-17-12-25-19(23-17)20-6-14-3-15(7-20)5-16(4-14)8-20/h11-16,21H,2-10H2,1H3. The van der Waals surface area contributed by atoms with Crippen molar-refractivity contribution in [3.05, 3.63) is 34.3 Å². The van der Waals surface area contributed by atoms with Crippen molar-refractivity contribution >= 4 is 11.3 Å². The van der Waals surface area contributed by atoms with Gasteiger partial charge in [0.1, 0.15) is 0 Å². The lowest BCUT2D eigenvalue weighted by molar-refractivity contribution is -0.00534. The van der Waals surface area contributed by atoms with Crippen LogP contribution in [-0.4, -0.2) is 14.5 Å². The molecule has 5 heteroatoms. The average Bonchev–Trinajstić information content (AvgIpc) is 3.23. The Bertz CT molecular complexity index is 711. The van der Waals surface area contributed by atoms with Gasteiger partial charge < -0.3 is 9.88 Å². The van der Waals surface area contributed by atoms with Crippen LogP contribution in [0.3, 0.4) is 0 Å². The van der Waals surface area contributed by atoms with E-state index in [9.17, 15) is 0 Å². The van der Waals surface area contributed by atoms with Crippen LogP contribution in [0.5, 0.6) is 0 Å². The van der Waals surface area contributed by atoms with Crippen LogP contribution in [0.2, 0.25) is 0 Å². The summed E-state index contributed by atoms with van der Waals surface area (Å²) < 4.78 is 2.19. The third-order valence-corrected chi connectivity index (χ3v) is 7.93. The van der Waals surface area contributed by atoms with Gasteiger partial charge in [-0.25, -0.2) is 9.97 Å². The van der Waals surface area contributed by atoms with Gasteiger partial charge in [0, 0.05) is 36.6 Å². The van der Waals surface area contributed by atoms with Crippen molar-refractivity contribution in [1.82, 2.24) is 19.9 Å². The number of aromatic nitrogens is 3. The van der Waals surface area contributed by atoms with Crippen LogP contribution in [0, 0.1) is 17.8 Å². The molecule has 0 unspecified atom stereocenters. The summed E-state index contributed by atoms with van der Waals surface area (Å²) >= 11 is 1.92. The van der Waals surface area contributed by atoms with Gasteiger partial charge in [-0.05, 0) is 63.2 Å². The number of imidazole rings is 1.